The highest BCUT2D eigenvalue weighted by Gasteiger charge is 2.17. The van der Waals surface area contributed by atoms with Crippen LogP contribution in [-0.2, 0) is 17.8 Å². The Bertz CT molecular complexity index is 1040. The first-order valence-electron chi connectivity index (χ1n) is 9.77. The summed E-state index contributed by atoms with van der Waals surface area (Å²) in [6.07, 6.45) is 4.79. The number of nitrogens with one attached hydrogen (secondary N) is 1. The highest BCUT2D eigenvalue weighted by Crippen LogP contribution is 2.24. The number of imidazole rings is 1. The number of aromatic nitrogens is 2. The van der Waals surface area contributed by atoms with Crippen molar-refractivity contribution in [1.29, 1.82) is 5.26 Å². The molecule has 29 heavy (non-hydrogen) atoms. The number of anilines is 1. The molecule has 0 saturated heterocycles. The van der Waals surface area contributed by atoms with E-state index in [-0.39, 0.29) is 5.91 Å². The maximum Gasteiger partial charge on any atom is 0.265 e. The molecule has 0 radical (unpaired) electrons. The van der Waals surface area contributed by atoms with Gasteiger partial charge in [0.15, 0.2) is 6.10 Å². The van der Waals surface area contributed by atoms with Crippen LogP contribution in [0.15, 0.2) is 54.7 Å². The lowest BCUT2D eigenvalue weighted by molar-refractivity contribution is -0.122. The summed E-state index contributed by atoms with van der Waals surface area (Å²) in [4.78, 5) is 17.2. The molecule has 1 aromatic heterocycles. The van der Waals surface area contributed by atoms with Crippen molar-refractivity contribution in [1.82, 2.24) is 9.55 Å². The fourth-order valence-electron chi connectivity index (χ4n) is 3.43. The number of carbonyl (C=O) groups is 1. The number of carbonyl (C=O) groups excluding carboxylic acids is 1. The van der Waals surface area contributed by atoms with Crippen molar-refractivity contribution in [2.75, 3.05) is 5.32 Å². The molecular weight excluding hydrogens is 364 g/mol. The molecule has 1 aliphatic rings. The third kappa shape index (κ3) is 4.14. The zero-order valence-electron chi connectivity index (χ0n) is 16.3. The van der Waals surface area contributed by atoms with Gasteiger partial charge in [-0.2, -0.15) is 5.26 Å². The van der Waals surface area contributed by atoms with E-state index in [4.69, 9.17) is 15.0 Å². The number of benzene rings is 2. The number of ether oxygens (including phenoxy) is 1. The average molecular weight is 386 g/mol. The van der Waals surface area contributed by atoms with E-state index in [0.29, 0.717) is 17.0 Å². The number of aryl methyl sites for hydroxylation is 2. The van der Waals surface area contributed by atoms with E-state index in [1.54, 1.807) is 31.2 Å². The number of para-hydroxylation sites is 1. The van der Waals surface area contributed by atoms with Crippen LogP contribution in [0.25, 0.3) is 11.3 Å². The summed E-state index contributed by atoms with van der Waals surface area (Å²) in [5.74, 6) is 1.27. The van der Waals surface area contributed by atoms with E-state index in [9.17, 15) is 4.79 Å². The van der Waals surface area contributed by atoms with Gasteiger partial charge in [-0.1, -0.05) is 24.3 Å². The van der Waals surface area contributed by atoms with Gasteiger partial charge >= 0.3 is 0 Å². The second kappa shape index (κ2) is 8.19. The van der Waals surface area contributed by atoms with Crippen LogP contribution in [0.2, 0.25) is 0 Å². The Hall–Kier alpha value is -3.59. The summed E-state index contributed by atoms with van der Waals surface area (Å²) in [7, 11) is 0. The van der Waals surface area contributed by atoms with Crippen LogP contribution in [0.3, 0.4) is 0 Å². The van der Waals surface area contributed by atoms with Crippen LogP contribution in [-0.4, -0.2) is 21.6 Å². The van der Waals surface area contributed by atoms with Crippen molar-refractivity contribution in [3.63, 3.8) is 0 Å². The molecule has 0 bridgehead atoms. The maximum atomic E-state index is 12.5. The molecule has 2 aromatic carbocycles. The zero-order valence-corrected chi connectivity index (χ0v) is 16.3. The lowest BCUT2D eigenvalue weighted by atomic mass is 10.1. The summed E-state index contributed by atoms with van der Waals surface area (Å²) in [6.45, 7) is 2.69. The van der Waals surface area contributed by atoms with Crippen molar-refractivity contribution >= 4 is 11.6 Å². The molecular formula is C23H22N4O2. The van der Waals surface area contributed by atoms with Gasteiger partial charge < -0.3 is 14.6 Å². The summed E-state index contributed by atoms with van der Waals surface area (Å²) < 4.78 is 7.89. The normalized spacial score (nSPS) is 13.8. The third-order valence-electron chi connectivity index (χ3n) is 5.04. The van der Waals surface area contributed by atoms with Gasteiger partial charge in [-0.25, -0.2) is 4.98 Å². The summed E-state index contributed by atoms with van der Waals surface area (Å²) >= 11 is 0. The number of fused-ring (bicyclic) bond motifs is 1. The monoisotopic (exact) mass is 386 g/mol. The van der Waals surface area contributed by atoms with Gasteiger partial charge in [-0.05, 0) is 44.0 Å². The molecule has 146 valence electrons. The van der Waals surface area contributed by atoms with Crippen molar-refractivity contribution < 1.29 is 9.53 Å². The molecule has 0 saturated carbocycles. The Morgan fingerprint density at radius 2 is 2.00 bits per heavy atom. The molecule has 1 unspecified atom stereocenters. The molecule has 2 heterocycles. The van der Waals surface area contributed by atoms with Gasteiger partial charge in [0.1, 0.15) is 17.6 Å². The van der Waals surface area contributed by atoms with Gasteiger partial charge in [0, 0.05) is 30.4 Å². The average Bonchev–Trinajstić information content (AvgIpc) is 3.19. The smallest absolute Gasteiger partial charge is 0.265 e. The fraction of sp³-hybridized carbons (Fsp3) is 0.261. The Morgan fingerprint density at radius 3 is 2.76 bits per heavy atom. The predicted molar refractivity (Wildman–Crippen MR) is 110 cm³/mol. The predicted octanol–water partition coefficient (Wildman–Crippen LogP) is 4.16. The van der Waals surface area contributed by atoms with E-state index in [0.717, 1.165) is 30.0 Å². The van der Waals surface area contributed by atoms with Crippen LogP contribution in [0.5, 0.6) is 5.75 Å². The zero-order chi connectivity index (χ0) is 20.2. The van der Waals surface area contributed by atoms with Crippen LogP contribution in [0, 0.1) is 11.3 Å². The van der Waals surface area contributed by atoms with Crippen LogP contribution in [0.4, 0.5) is 5.69 Å². The molecule has 6 nitrogen and oxygen atoms in total. The van der Waals surface area contributed by atoms with Gasteiger partial charge in [0.25, 0.3) is 5.91 Å². The molecule has 1 amide bonds. The molecule has 1 N–H and O–H groups in total. The highest BCUT2D eigenvalue weighted by molar-refractivity contribution is 5.94. The van der Waals surface area contributed by atoms with E-state index >= 15 is 0 Å². The van der Waals surface area contributed by atoms with Crippen molar-refractivity contribution in [3.05, 3.63) is 66.1 Å². The molecule has 1 aliphatic heterocycles. The Labute approximate surface area is 169 Å². The highest BCUT2D eigenvalue weighted by atomic mass is 16.5. The van der Waals surface area contributed by atoms with Gasteiger partial charge in [-0.3, -0.25) is 4.79 Å². The Morgan fingerprint density at radius 1 is 1.21 bits per heavy atom. The topological polar surface area (TPSA) is 79.9 Å². The van der Waals surface area contributed by atoms with Gasteiger partial charge in [0.05, 0.1) is 11.3 Å². The fourth-order valence-corrected chi connectivity index (χ4v) is 3.43. The molecule has 4 rings (SSSR count). The summed E-state index contributed by atoms with van der Waals surface area (Å²) in [6, 6.07) is 16.6. The largest absolute Gasteiger partial charge is 0.480 e. The number of hydrogen-bond acceptors (Lipinski definition) is 4. The van der Waals surface area contributed by atoms with Gasteiger partial charge in [0.2, 0.25) is 0 Å². The number of nitriles is 1. The molecule has 0 spiro atoms. The lowest BCUT2D eigenvalue weighted by Gasteiger charge is -2.15. The quantitative estimate of drug-likeness (QED) is 0.714. The van der Waals surface area contributed by atoms with E-state index in [1.807, 2.05) is 24.3 Å². The van der Waals surface area contributed by atoms with Crippen LogP contribution < -0.4 is 10.1 Å². The number of hydrogen-bond donors (Lipinski definition) is 1. The standard InChI is InChI=1S/C23H22N4O2/c1-16(29-21-7-3-2-6-18(21)14-24)23(28)25-19-11-9-17(10-12-19)20-15-27-13-5-4-8-22(27)26-20/h2-3,6-7,9-12,15-16H,4-5,8,13H2,1H3,(H,25,28). The van der Waals surface area contributed by atoms with Crippen LogP contribution >= 0.6 is 0 Å². The number of amides is 1. The first kappa shape index (κ1) is 18.8. The third-order valence-corrected chi connectivity index (χ3v) is 5.04. The van der Waals surface area contributed by atoms with Crippen molar-refractivity contribution in [3.8, 4) is 23.1 Å². The first-order chi connectivity index (χ1) is 14.1. The minimum atomic E-state index is -0.732. The molecule has 0 aliphatic carbocycles. The number of rotatable bonds is 5. The minimum absolute atomic E-state index is 0.275. The SMILES string of the molecule is CC(Oc1ccccc1C#N)C(=O)Nc1ccc(-c2cn3c(n2)CCCC3)cc1. The number of nitrogens with zero attached hydrogens (tertiary/aromatic N) is 3. The molecule has 1 atom stereocenters. The summed E-state index contributed by atoms with van der Waals surface area (Å²) in [5, 5.41) is 12.0. The van der Waals surface area contributed by atoms with Gasteiger partial charge in [-0.15, -0.1) is 0 Å². The van der Waals surface area contributed by atoms with E-state index < -0.39 is 6.10 Å². The van der Waals surface area contributed by atoms with Crippen molar-refractivity contribution in [2.24, 2.45) is 0 Å². The minimum Gasteiger partial charge on any atom is -0.480 e. The molecule has 0 fully saturated rings. The van der Waals surface area contributed by atoms with Crippen LogP contribution in [0.1, 0.15) is 31.2 Å². The molecule has 3 aromatic rings. The molecule has 6 heteroatoms. The first-order valence-corrected chi connectivity index (χ1v) is 9.77. The second-order valence-corrected chi connectivity index (χ2v) is 7.13. The lowest BCUT2D eigenvalue weighted by Crippen LogP contribution is -2.30. The second-order valence-electron chi connectivity index (χ2n) is 7.13. The maximum absolute atomic E-state index is 12.5. The summed E-state index contributed by atoms with van der Waals surface area (Å²) in [5.41, 5.74) is 3.08. The van der Waals surface area contributed by atoms with E-state index in [1.165, 1.54) is 12.8 Å². The Balaban J connectivity index is 1.41. The van der Waals surface area contributed by atoms with E-state index in [2.05, 4.69) is 22.1 Å². The Kier molecular flexibility index (Phi) is 5.30. The van der Waals surface area contributed by atoms with Crippen molar-refractivity contribution in [2.45, 2.75) is 38.8 Å².